The smallest absolute Gasteiger partial charge is 0.287 e. The number of alkyl halides is 3. The van der Waals surface area contributed by atoms with E-state index >= 15 is 0 Å². The monoisotopic (exact) mass is 367 g/mol. The number of nitro groups is 1. The maximum Gasteiger partial charge on any atom is 0.409 e. The van der Waals surface area contributed by atoms with Gasteiger partial charge >= 0.3 is 6.18 Å². The predicted molar refractivity (Wildman–Crippen MR) is 88.0 cm³/mol. The topological polar surface area (TPSA) is 75.5 Å². The second-order valence-corrected chi connectivity index (χ2v) is 6.91. The van der Waals surface area contributed by atoms with Gasteiger partial charge in [-0.05, 0) is 36.9 Å². The van der Waals surface area contributed by atoms with Crippen LogP contribution in [0.2, 0.25) is 0 Å². The number of nitrogens with zero attached hydrogens (tertiary/aromatic N) is 2. The average molecular weight is 367 g/mol. The summed E-state index contributed by atoms with van der Waals surface area (Å²) in [6.45, 7) is 3.03. The quantitative estimate of drug-likeness (QED) is 0.663. The van der Waals surface area contributed by atoms with Crippen LogP contribution in [-0.2, 0) is 4.79 Å². The molecule has 0 unspecified atom stereocenters. The molecule has 1 fully saturated rings. The second kappa shape index (κ2) is 5.94. The maximum absolute atomic E-state index is 13.7. The fourth-order valence-corrected chi connectivity index (χ4v) is 3.13. The van der Waals surface area contributed by atoms with Gasteiger partial charge in [0.2, 0.25) is 5.91 Å². The summed E-state index contributed by atoms with van der Waals surface area (Å²) in [7, 11) is 0. The molecule has 3 rings (SSSR count). The van der Waals surface area contributed by atoms with Gasteiger partial charge < -0.3 is 0 Å². The fraction of sp³-hybridized carbons (Fsp3) is 0.353. The van der Waals surface area contributed by atoms with E-state index in [0.717, 1.165) is 5.01 Å². The van der Waals surface area contributed by atoms with E-state index in [-0.39, 0.29) is 23.2 Å². The molecule has 1 amide bonds. The number of nitrogens with one attached hydrogen (secondary N) is 1. The van der Waals surface area contributed by atoms with Crippen LogP contribution in [0.3, 0.4) is 0 Å². The molecule has 0 aliphatic carbocycles. The van der Waals surface area contributed by atoms with Crippen LogP contribution in [0.15, 0.2) is 36.4 Å². The van der Waals surface area contributed by atoms with Crippen LogP contribution >= 0.6 is 0 Å². The van der Waals surface area contributed by atoms with E-state index in [1.807, 2.05) is 0 Å². The van der Waals surface area contributed by atoms with Gasteiger partial charge in [0.25, 0.3) is 5.69 Å². The number of carbonyl (C=O) groups excluding carboxylic acids is 1. The van der Waals surface area contributed by atoms with Crippen molar-refractivity contribution in [3.63, 3.8) is 0 Å². The van der Waals surface area contributed by atoms with Crippen LogP contribution in [0.5, 0.6) is 0 Å². The van der Waals surface area contributed by atoms with Gasteiger partial charge in [0.1, 0.15) is 6.04 Å². The molecule has 0 aromatic heterocycles. The number of benzene rings is 2. The molecule has 0 spiro atoms. The first-order chi connectivity index (χ1) is 12.0. The second-order valence-electron chi connectivity index (χ2n) is 6.91. The number of hydrogen-bond acceptors (Lipinski definition) is 4. The number of carbonyl (C=O) groups is 1. The summed E-state index contributed by atoms with van der Waals surface area (Å²) in [5.74, 6) is -0.483. The van der Waals surface area contributed by atoms with Crippen LogP contribution in [-0.4, -0.2) is 28.6 Å². The summed E-state index contributed by atoms with van der Waals surface area (Å²) >= 11 is 0. The van der Waals surface area contributed by atoms with Gasteiger partial charge in [0.15, 0.2) is 0 Å². The third-order valence-electron chi connectivity index (χ3n) is 4.44. The number of hydrogen-bond donors (Lipinski definition) is 1. The number of nitro benzene ring substituents is 1. The van der Waals surface area contributed by atoms with Crippen LogP contribution in [0.4, 0.5) is 18.9 Å². The Morgan fingerprint density at radius 2 is 1.96 bits per heavy atom. The van der Waals surface area contributed by atoms with Gasteiger partial charge in [0.05, 0.1) is 15.7 Å². The summed E-state index contributed by atoms with van der Waals surface area (Å²) < 4.78 is 41.2. The molecule has 0 bridgehead atoms. The van der Waals surface area contributed by atoms with Gasteiger partial charge in [-0.1, -0.05) is 18.2 Å². The van der Waals surface area contributed by atoms with Gasteiger partial charge in [-0.2, -0.15) is 13.2 Å². The number of non-ortho nitro benzene ring substituents is 1. The van der Waals surface area contributed by atoms with E-state index in [4.69, 9.17) is 0 Å². The Labute approximate surface area is 146 Å². The molecule has 2 aromatic rings. The molecule has 1 saturated heterocycles. The summed E-state index contributed by atoms with van der Waals surface area (Å²) in [6.07, 6.45) is -4.64. The largest absolute Gasteiger partial charge is 0.409 e. The number of rotatable bonds is 3. The Morgan fingerprint density at radius 3 is 2.50 bits per heavy atom. The molecule has 1 atom stereocenters. The first kappa shape index (κ1) is 18.1. The number of halogens is 3. The summed E-state index contributed by atoms with van der Waals surface area (Å²) in [6, 6.07) is 6.00. The molecule has 138 valence electrons. The van der Waals surface area contributed by atoms with Crippen molar-refractivity contribution in [1.29, 1.82) is 0 Å². The van der Waals surface area contributed by atoms with E-state index < -0.39 is 28.5 Å². The first-order valence-electron chi connectivity index (χ1n) is 7.82. The van der Waals surface area contributed by atoms with Crippen molar-refractivity contribution >= 4 is 22.4 Å². The Kier molecular flexibility index (Phi) is 4.14. The highest BCUT2D eigenvalue weighted by atomic mass is 19.4. The van der Waals surface area contributed by atoms with E-state index in [1.54, 1.807) is 13.8 Å². The fourth-order valence-electron chi connectivity index (χ4n) is 3.13. The van der Waals surface area contributed by atoms with Gasteiger partial charge in [-0.25, -0.2) is 5.01 Å². The zero-order valence-electron chi connectivity index (χ0n) is 14.0. The molecule has 2 aromatic carbocycles. The van der Waals surface area contributed by atoms with E-state index in [1.165, 1.54) is 36.4 Å². The van der Waals surface area contributed by atoms with Crippen molar-refractivity contribution < 1.29 is 22.9 Å². The Bertz CT molecular complexity index is 896. The first-order valence-corrected chi connectivity index (χ1v) is 7.82. The van der Waals surface area contributed by atoms with Gasteiger partial charge in [-0.15, -0.1) is 0 Å². The maximum atomic E-state index is 13.7. The Balaban J connectivity index is 2.08. The third-order valence-corrected chi connectivity index (χ3v) is 4.44. The Hall–Kier alpha value is -2.68. The lowest BCUT2D eigenvalue weighted by Crippen LogP contribution is -2.43. The van der Waals surface area contributed by atoms with Crippen molar-refractivity contribution in [1.82, 2.24) is 10.4 Å². The molecule has 1 heterocycles. The highest BCUT2D eigenvalue weighted by molar-refractivity contribution is 5.91. The number of fused-ring (bicyclic) bond motifs is 1. The van der Waals surface area contributed by atoms with Crippen molar-refractivity contribution in [3.8, 4) is 0 Å². The molecule has 9 heteroatoms. The van der Waals surface area contributed by atoms with Crippen molar-refractivity contribution in [2.24, 2.45) is 5.41 Å². The molecular formula is C17H16F3N3O3. The molecule has 1 aliphatic heterocycles. The molecule has 1 N–H and O–H groups in total. The van der Waals surface area contributed by atoms with Crippen molar-refractivity contribution in [2.45, 2.75) is 26.1 Å². The zero-order chi connectivity index (χ0) is 19.3. The van der Waals surface area contributed by atoms with Gasteiger partial charge in [-0.3, -0.25) is 20.3 Å². The van der Waals surface area contributed by atoms with Crippen LogP contribution < -0.4 is 5.43 Å². The van der Waals surface area contributed by atoms with E-state index in [2.05, 4.69) is 5.43 Å². The minimum absolute atomic E-state index is 0.0940. The minimum Gasteiger partial charge on any atom is -0.287 e. The van der Waals surface area contributed by atoms with Crippen molar-refractivity contribution in [3.05, 3.63) is 52.1 Å². The lowest BCUT2D eigenvalue weighted by Gasteiger charge is -2.30. The number of hydrazine groups is 1. The van der Waals surface area contributed by atoms with E-state index in [9.17, 15) is 28.1 Å². The molecule has 0 saturated carbocycles. The number of amides is 1. The predicted octanol–water partition coefficient (Wildman–Crippen LogP) is 3.72. The summed E-state index contributed by atoms with van der Waals surface area (Å²) in [5.41, 5.74) is 1.08. The van der Waals surface area contributed by atoms with Crippen molar-refractivity contribution in [2.75, 3.05) is 6.54 Å². The van der Waals surface area contributed by atoms with Crippen LogP contribution in [0, 0.1) is 15.5 Å². The summed E-state index contributed by atoms with van der Waals surface area (Å²) in [5, 5.41) is 12.5. The normalized spacial score (nSPS) is 18.7. The summed E-state index contributed by atoms with van der Waals surface area (Å²) in [4.78, 5) is 22.4. The molecule has 26 heavy (non-hydrogen) atoms. The SMILES string of the molecule is CC1(C)CN([C@@H](c2ccc3c([N+](=O)[O-])cccc3c2)C(F)(F)F)NC1=O. The van der Waals surface area contributed by atoms with Crippen LogP contribution in [0.1, 0.15) is 25.5 Å². The molecule has 1 aliphatic rings. The molecule has 0 radical (unpaired) electrons. The van der Waals surface area contributed by atoms with Gasteiger partial charge in [0, 0.05) is 12.6 Å². The van der Waals surface area contributed by atoms with Crippen LogP contribution in [0.25, 0.3) is 10.8 Å². The minimum atomic E-state index is -4.64. The lowest BCUT2D eigenvalue weighted by molar-refractivity contribution is -0.383. The average Bonchev–Trinajstić information content (AvgIpc) is 2.77. The highest BCUT2D eigenvalue weighted by Gasteiger charge is 2.51. The zero-order valence-corrected chi connectivity index (χ0v) is 14.0. The Morgan fingerprint density at radius 1 is 1.27 bits per heavy atom. The third kappa shape index (κ3) is 3.10. The van der Waals surface area contributed by atoms with E-state index in [0.29, 0.717) is 5.39 Å². The molecule has 6 nitrogen and oxygen atoms in total. The standard InChI is InChI=1S/C17H16F3N3O3/c1-16(2)9-22(21-15(16)24)14(17(18,19)20)11-6-7-12-10(8-11)4-3-5-13(12)23(25)26/h3-8,14H,9H2,1-2H3,(H,21,24)/t14-/m0/s1. The highest BCUT2D eigenvalue weighted by Crippen LogP contribution is 2.41. The lowest BCUT2D eigenvalue weighted by atomic mass is 9.93. The molecular weight excluding hydrogens is 351 g/mol.